The van der Waals surface area contributed by atoms with Crippen LogP contribution in [0.25, 0.3) is 0 Å². The van der Waals surface area contributed by atoms with Crippen LogP contribution in [0.1, 0.15) is 56.8 Å². The molecule has 1 atom stereocenters. The molecule has 5 heteroatoms. The van der Waals surface area contributed by atoms with Gasteiger partial charge >= 0.3 is 0 Å². The van der Waals surface area contributed by atoms with Gasteiger partial charge in [-0.3, -0.25) is 9.59 Å². The van der Waals surface area contributed by atoms with Gasteiger partial charge in [0.1, 0.15) is 5.75 Å². The smallest absolute Gasteiger partial charge is 0.266 e. The summed E-state index contributed by atoms with van der Waals surface area (Å²) < 4.78 is 6.18. The Labute approximate surface area is 173 Å². The molecule has 2 aromatic rings. The molecule has 0 aromatic heterocycles. The van der Waals surface area contributed by atoms with Gasteiger partial charge in [0, 0.05) is 31.6 Å². The molecular formula is C24H30N2O3. The fraction of sp³-hybridized carbons (Fsp3) is 0.417. The molecule has 1 fully saturated rings. The maximum atomic E-state index is 13.1. The minimum atomic E-state index is -0.718. The summed E-state index contributed by atoms with van der Waals surface area (Å²) in [4.78, 5) is 26.5. The highest BCUT2D eigenvalue weighted by molar-refractivity contribution is 5.83. The zero-order valence-corrected chi connectivity index (χ0v) is 17.4. The summed E-state index contributed by atoms with van der Waals surface area (Å²) >= 11 is 0. The predicted molar refractivity (Wildman–Crippen MR) is 114 cm³/mol. The van der Waals surface area contributed by atoms with Crippen LogP contribution in [0.3, 0.4) is 0 Å². The highest BCUT2D eigenvalue weighted by Crippen LogP contribution is 2.26. The normalized spacial score (nSPS) is 15.8. The van der Waals surface area contributed by atoms with E-state index in [1.807, 2.05) is 53.4 Å². The van der Waals surface area contributed by atoms with Gasteiger partial charge in [-0.15, -0.1) is 0 Å². The van der Waals surface area contributed by atoms with Gasteiger partial charge < -0.3 is 15.0 Å². The lowest BCUT2D eigenvalue weighted by Gasteiger charge is -2.32. The van der Waals surface area contributed by atoms with Crippen molar-refractivity contribution in [3.63, 3.8) is 0 Å². The first kappa shape index (κ1) is 20.9. The van der Waals surface area contributed by atoms with E-state index < -0.39 is 6.10 Å². The van der Waals surface area contributed by atoms with Crippen LogP contribution in [-0.2, 0) is 9.59 Å². The average molecular weight is 395 g/mol. The van der Waals surface area contributed by atoms with Gasteiger partial charge in [-0.05, 0) is 36.5 Å². The third-order valence-electron chi connectivity index (χ3n) is 5.41. The van der Waals surface area contributed by atoms with Crippen LogP contribution in [0.4, 0.5) is 0 Å². The van der Waals surface area contributed by atoms with E-state index in [0.29, 0.717) is 24.8 Å². The lowest BCUT2D eigenvalue weighted by Crippen LogP contribution is -2.47. The van der Waals surface area contributed by atoms with E-state index in [4.69, 9.17) is 4.74 Å². The van der Waals surface area contributed by atoms with Crippen LogP contribution < -0.4 is 10.1 Å². The molecule has 0 radical (unpaired) electrons. The highest BCUT2D eigenvalue weighted by Gasteiger charge is 2.28. The molecule has 0 bridgehead atoms. The molecular weight excluding hydrogens is 364 g/mol. The van der Waals surface area contributed by atoms with Crippen molar-refractivity contribution in [1.29, 1.82) is 0 Å². The average Bonchev–Trinajstić information content (AvgIpc) is 2.73. The summed E-state index contributed by atoms with van der Waals surface area (Å²) in [6, 6.07) is 17.5. The Kier molecular flexibility index (Phi) is 6.91. The van der Waals surface area contributed by atoms with E-state index in [2.05, 4.69) is 25.2 Å². The minimum absolute atomic E-state index is 0.0508. The molecule has 1 saturated heterocycles. The van der Waals surface area contributed by atoms with E-state index in [0.717, 1.165) is 18.4 Å². The second-order valence-corrected chi connectivity index (χ2v) is 7.92. The van der Waals surface area contributed by atoms with E-state index in [1.54, 1.807) is 6.92 Å². The van der Waals surface area contributed by atoms with Gasteiger partial charge in [-0.2, -0.15) is 0 Å². The van der Waals surface area contributed by atoms with Crippen LogP contribution in [0.15, 0.2) is 54.6 Å². The first-order chi connectivity index (χ1) is 13.9. The number of carbonyl (C=O) groups is 2. The predicted octanol–water partition coefficient (Wildman–Crippen LogP) is 4.06. The quantitative estimate of drug-likeness (QED) is 0.804. The zero-order chi connectivity index (χ0) is 20.8. The molecule has 29 heavy (non-hydrogen) atoms. The molecule has 0 aliphatic carbocycles. The van der Waals surface area contributed by atoms with Crippen LogP contribution >= 0.6 is 0 Å². The van der Waals surface area contributed by atoms with Gasteiger partial charge in [0.2, 0.25) is 12.0 Å². The Morgan fingerprint density at radius 1 is 1.00 bits per heavy atom. The lowest BCUT2D eigenvalue weighted by atomic mass is 10.0. The summed E-state index contributed by atoms with van der Waals surface area (Å²) in [7, 11) is 0. The van der Waals surface area contributed by atoms with Crippen molar-refractivity contribution in [3.05, 3.63) is 65.7 Å². The Hall–Kier alpha value is -2.82. The summed E-state index contributed by atoms with van der Waals surface area (Å²) in [5, 5.41) is 3.13. The molecule has 1 unspecified atom stereocenters. The number of rotatable bonds is 6. The van der Waals surface area contributed by atoms with E-state index in [1.165, 1.54) is 5.56 Å². The highest BCUT2D eigenvalue weighted by atomic mass is 16.5. The SMILES string of the molecule is CC(=O)N1CCC(NC(=O)C(Oc2cccc(C(C)C)c2)c2ccccc2)CC1. The fourth-order valence-electron chi connectivity index (χ4n) is 3.60. The van der Waals surface area contributed by atoms with Crippen molar-refractivity contribution >= 4 is 11.8 Å². The number of nitrogens with zero attached hydrogens (tertiary/aromatic N) is 1. The Bertz CT molecular complexity index is 827. The number of carbonyl (C=O) groups excluding carboxylic acids is 2. The third kappa shape index (κ3) is 5.59. The van der Waals surface area contributed by atoms with Crippen LogP contribution in [0.2, 0.25) is 0 Å². The standard InChI is InChI=1S/C24H30N2O3/c1-17(2)20-10-7-11-22(16-20)29-23(19-8-5-4-6-9-19)24(28)25-21-12-14-26(15-13-21)18(3)27/h4-11,16-17,21,23H,12-15H2,1-3H3,(H,25,28). The minimum Gasteiger partial charge on any atom is -0.476 e. The molecule has 2 amide bonds. The van der Waals surface area contributed by atoms with Crippen molar-refractivity contribution in [2.24, 2.45) is 0 Å². The molecule has 154 valence electrons. The molecule has 0 saturated carbocycles. The number of hydrogen-bond donors (Lipinski definition) is 1. The van der Waals surface area contributed by atoms with Crippen LogP contribution in [0.5, 0.6) is 5.75 Å². The molecule has 0 spiro atoms. The molecule has 5 nitrogen and oxygen atoms in total. The number of nitrogens with one attached hydrogen (secondary N) is 1. The van der Waals surface area contributed by atoms with E-state index in [9.17, 15) is 9.59 Å². The van der Waals surface area contributed by atoms with E-state index in [-0.39, 0.29) is 17.9 Å². The first-order valence-electron chi connectivity index (χ1n) is 10.3. The van der Waals surface area contributed by atoms with Crippen LogP contribution in [0, 0.1) is 0 Å². The number of benzene rings is 2. The molecule has 1 aliphatic heterocycles. The zero-order valence-electron chi connectivity index (χ0n) is 17.4. The number of piperidine rings is 1. The maximum absolute atomic E-state index is 13.1. The van der Waals surface area contributed by atoms with E-state index >= 15 is 0 Å². The Morgan fingerprint density at radius 2 is 1.66 bits per heavy atom. The second-order valence-electron chi connectivity index (χ2n) is 7.92. The van der Waals surface area contributed by atoms with Gasteiger partial charge in [0.05, 0.1) is 0 Å². The van der Waals surface area contributed by atoms with Crippen molar-refractivity contribution in [3.8, 4) is 5.75 Å². The van der Waals surface area contributed by atoms with Crippen molar-refractivity contribution in [2.75, 3.05) is 13.1 Å². The summed E-state index contributed by atoms with van der Waals surface area (Å²) in [5.41, 5.74) is 1.99. The van der Waals surface area contributed by atoms with Crippen LogP contribution in [-0.4, -0.2) is 35.8 Å². The van der Waals surface area contributed by atoms with Crippen molar-refractivity contribution in [1.82, 2.24) is 10.2 Å². The summed E-state index contributed by atoms with van der Waals surface area (Å²) in [6.45, 7) is 7.20. The number of ether oxygens (including phenoxy) is 1. The second kappa shape index (κ2) is 9.59. The van der Waals surface area contributed by atoms with Gasteiger partial charge in [0.25, 0.3) is 5.91 Å². The van der Waals surface area contributed by atoms with Gasteiger partial charge in [0.15, 0.2) is 0 Å². The molecule has 1 N–H and O–H groups in total. The molecule has 2 aromatic carbocycles. The lowest BCUT2D eigenvalue weighted by molar-refractivity contribution is -0.131. The van der Waals surface area contributed by atoms with Crippen molar-refractivity contribution < 1.29 is 14.3 Å². The first-order valence-corrected chi connectivity index (χ1v) is 10.3. The van der Waals surface area contributed by atoms with Crippen molar-refractivity contribution in [2.45, 2.75) is 51.7 Å². The molecule has 1 heterocycles. The number of amides is 2. The summed E-state index contributed by atoms with van der Waals surface area (Å²) in [6.07, 6.45) is 0.801. The Morgan fingerprint density at radius 3 is 2.28 bits per heavy atom. The maximum Gasteiger partial charge on any atom is 0.266 e. The fourth-order valence-corrected chi connectivity index (χ4v) is 3.60. The third-order valence-corrected chi connectivity index (χ3v) is 5.41. The Balaban J connectivity index is 1.73. The molecule has 3 rings (SSSR count). The van der Waals surface area contributed by atoms with Gasteiger partial charge in [-0.25, -0.2) is 0 Å². The monoisotopic (exact) mass is 394 g/mol. The molecule has 1 aliphatic rings. The largest absolute Gasteiger partial charge is 0.476 e. The van der Waals surface area contributed by atoms with Gasteiger partial charge in [-0.1, -0.05) is 56.3 Å². The number of hydrogen-bond acceptors (Lipinski definition) is 3. The summed E-state index contributed by atoms with van der Waals surface area (Å²) in [5.74, 6) is 1.01. The topological polar surface area (TPSA) is 58.6 Å². The number of likely N-dealkylation sites (tertiary alicyclic amines) is 1.